The van der Waals surface area contributed by atoms with Gasteiger partial charge in [0.15, 0.2) is 5.60 Å². The number of aliphatic hydroxyl groups excluding tert-OH is 2. The maximum atomic E-state index is 10.3. The Balaban J connectivity index is 0.000000276. The second-order valence-electron chi connectivity index (χ2n) is 11.1. The summed E-state index contributed by atoms with van der Waals surface area (Å²) >= 11 is 0. The summed E-state index contributed by atoms with van der Waals surface area (Å²) in [6, 6.07) is 11.9. The summed E-state index contributed by atoms with van der Waals surface area (Å²) in [6.07, 6.45) is 5.00. The number of aliphatic hydroxyl groups is 3. The number of carboxylic acid groups (broad SMARTS) is 3. The second-order valence-corrected chi connectivity index (χ2v) is 11.1. The van der Waals surface area contributed by atoms with Crippen molar-refractivity contribution in [1.82, 2.24) is 10.2 Å². The molecule has 2 saturated carbocycles. The average molecular weight is 549 g/mol. The van der Waals surface area contributed by atoms with E-state index in [0.29, 0.717) is 23.4 Å². The van der Waals surface area contributed by atoms with E-state index in [1.807, 2.05) is 0 Å². The Morgan fingerprint density at radius 1 is 1.05 bits per heavy atom. The van der Waals surface area contributed by atoms with Crippen molar-refractivity contribution in [3.8, 4) is 0 Å². The molecule has 1 saturated heterocycles. The summed E-state index contributed by atoms with van der Waals surface area (Å²) in [7, 11) is 0. The lowest BCUT2D eigenvalue weighted by Crippen LogP contribution is -2.69. The molecule has 0 amide bonds. The molecular formula is C28H40N2O9. The topological polar surface area (TPSA) is 188 Å². The fourth-order valence-corrected chi connectivity index (χ4v) is 5.76. The Labute approximate surface area is 227 Å². The number of rotatable bonds is 13. The van der Waals surface area contributed by atoms with Crippen molar-refractivity contribution in [2.75, 3.05) is 26.3 Å². The molecule has 1 aliphatic heterocycles. The fraction of sp³-hybridized carbons (Fsp3) is 0.607. The van der Waals surface area contributed by atoms with Crippen LogP contribution >= 0.6 is 0 Å². The quantitative estimate of drug-likeness (QED) is 0.186. The van der Waals surface area contributed by atoms with E-state index >= 15 is 0 Å². The van der Waals surface area contributed by atoms with Crippen molar-refractivity contribution < 1.29 is 45.0 Å². The zero-order valence-electron chi connectivity index (χ0n) is 22.2. The molecule has 0 aromatic heterocycles. The number of benzene rings is 1. The number of hydrogen-bond acceptors (Lipinski definition) is 8. The lowest BCUT2D eigenvalue weighted by atomic mass is 9.60. The Hall–Kier alpha value is -2.83. The normalized spacial score (nSPS) is 22.4. The molecule has 1 aromatic rings. The minimum absolute atomic E-state index is 0.0596. The first-order valence-corrected chi connectivity index (χ1v) is 13.3. The van der Waals surface area contributed by atoms with Crippen molar-refractivity contribution in [3.05, 3.63) is 41.5 Å². The van der Waals surface area contributed by atoms with Crippen LogP contribution in [-0.2, 0) is 14.4 Å². The summed E-state index contributed by atoms with van der Waals surface area (Å²) in [5.41, 5.74) is 0.608. The van der Waals surface area contributed by atoms with E-state index in [0.717, 1.165) is 19.5 Å². The van der Waals surface area contributed by atoms with Gasteiger partial charge in [-0.1, -0.05) is 48.9 Å². The smallest absolute Gasteiger partial charge is 0.336 e. The maximum absolute atomic E-state index is 10.3. The van der Waals surface area contributed by atoms with Gasteiger partial charge in [0.2, 0.25) is 0 Å². The Bertz CT molecular complexity index is 1010. The van der Waals surface area contributed by atoms with Crippen LogP contribution in [0.2, 0.25) is 0 Å². The highest BCUT2D eigenvalue weighted by molar-refractivity contribution is 5.88. The van der Waals surface area contributed by atoms with E-state index in [1.165, 1.54) is 24.8 Å². The molecule has 1 heterocycles. The van der Waals surface area contributed by atoms with E-state index in [9.17, 15) is 24.6 Å². The summed E-state index contributed by atoms with van der Waals surface area (Å²) in [6.45, 7) is 4.47. The van der Waals surface area contributed by atoms with Crippen molar-refractivity contribution >= 4 is 24.0 Å². The fourth-order valence-electron chi connectivity index (χ4n) is 5.76. The Morgan fingerprint density at radius 3 is 2.08 bits per heavy atom. The highest BCUT2D eigenvalue weighted by atomic mass is 16.4. The van der Waals surface area contributed by atoms with Crippen LogP contribution in [0, 0.1) is 11.3 Å². The largest absolute Gasteiger partial charge is 0.481 e. The predicted molar refractivity (Wildman–Crippen MR) is 142 cm³/mol. The molecule has 216 valence electrons. The van der Waals surface area contributed by atoms with Crippen LogP contribution in [0.1, 0.15) is 51.0 Å². The van der Waals surface area contributed by atoms with Gasteiger partial charge in [0.25, 0.3) is 0 Å². The third-order valence-corrected chi connectivity index (χ3v) is 7.94. The molecule has 1 aromatic carbocycles. The number of hydrogen-bond donors (Lipinski definition) is 7. The molecule has 0 unspecified atom stereocenters. The lowest BCUT2D eigenvalue weighted by molar-refractivity contribution is -0.170. The second kappa shape index (κ2) is 13.0. The predicted octanol–water partition coefficient (Wildman–Crippen LogP) is 1.03. The highest BCUT2D eigenvalue weighted by Crippen LogP contribution is 2.50. The van der Waals surface area contributed by atoms with Gasteiger partial charge >= 0.3 is 17.9 Å². The lowest BCUT2D eigenvalue weighted by Gasteiger charge is -2.61. The van der Waals surface area contributed by atoms with Gasteiger partial charge in [-0.2, -0.15) is 0 Å². The third kappa shape index (κ3) is 8.09. The number of nitrogens with zero attached hydrogens (tertiary/aromatic N) is 1. The van der Waals surface area contributed by atoms with Crippen LogP contribution in [-0.4, -0.2) is 103 Å². The molecule has 11 heteroatoms. The molecule has 0 radical (unpaired) electrons. The average Bonchev–Trinajstić information content (AvgIpc) is 3.59. The molecule has 3 fully saturated rings. The van der Waals surface area contributed by atoms with E-state index in [2.05, 4.69) is 53.5 Å². The van der Waals surface area contributed by atoms with E-state index in [1.54, 1.807) is 5.57 Å². The first-order valence-electron chi connectivity index (χ1n) is 13.3. The molecule has 4 rings (SSSR count). The first-order chi connectivity index (χ1) is 18.4. The first kappa shape index (κ1) is 30.7. The summed E-state index contributed by atoms with van der Waals surface area (Å²) in [5, 5.41) is 56.3. The number of likely N-dealkylation sites (tertiary alicyclic amines) is 1. The van der Waals surface area contributed by atoms with Gasteiger partial charge in [-0.05, 0) is 42.6 Å². The molecule has 2 atom stereocenters. The monoisotopic (exact) mass is 548 g/mol. The molecule has 7 N–H and O–H groups in total. The van der Waals surface area contributed by atoms with Crippen LogP contribution in [0.4, 0.5) is 0 Å². The van der Waals surface area contributed by atoms with Crippen LogP contribution < -0.4 is 5.32 Å². The zero-order chi connectivity index (χ0) is 28.8. The Kier molecular flexibility index (Phi) is 10.2. The van der Waals surface area contributed by atoms with Gasteiger partial charge in [-0.25, -0.2) is 4.79 Å². The van der Waals surface area contributed by atoms with E-state index in [4.69, 9.17) is 20.4 Å². The van der Waals surface area contributed by atoms with Crippen molar-refractivity contribution in [1.29, 1.82) is 0 Å². The summed E-state index contributed by atoms with van der Waals surface area (Å²) in [5.74, 6) is -4.31. The number of carbonyl (C=O) groups is 3. The van der Waals surface area contributed by atoms with Gasteiger partial charge in [0, 0.05) is 25.2 Å². The zero-order valence-corrected chi connectivity index (χ0v) is 22.2. The molecule has 0 bridgehead atoms. The van der Waals surface area contributed by atoms with Crippen LogP contribution in [0.3, 0.4) is 0 Å². The van der Waals surface area contributed by atoms with Gasteiger partial charge in [-0.3, -0.25) is 14.5 Å². The molecule has 3 aliphatic rings. The number of nitrogens with one attached hydrogen (secondary N) is 1. The number of carboxylic acids is 3. The van der Waals surface area contributed by atoms with Crippen molar-refractivity contribution in [3.63, 3.8) is 0 Å². The minimum atomic E-state index is -2.74. The summed E-state index contributed by atoms with van der Waals surface area (Å²) in [4.78, 5) is 32.7. The van der Waals surface area contributed by atoms with Gasteiger partial charge in [-0.15, -0.1) is 0 Å². The SMILES string of the molecule is CC/C(=C\c1ccccc1)[C@@H]1C[C@H]1NC1CC2(C1)CN(C(CO)CO)C2.O=C(O)CC(O)(CC(=O)O)C(=O)O. The minimum Gasteiger partial charge on any atom is -0.481 e. The highest BCUT2D eigenvalue weighted by Gasteiger charge is 2.55. The van der Waals surface area contributed by atoms with Gasteiger partial charge in [0.05, 0.1) is 32.1 Å². The van der Waals surface area contributed by atoms with Gasteiger partial charge < -0.3 is 36.0 Å². The van der Waals surface area contributed by atoms with Crippen LogP contribution in [0.15, 0.2) is 35.9 Å². The molecule has 39 heavy (non-hydrogen) atoms. The molecular weight excluding hydrogens is 508 g/mol. The van der Waals surface area contributed by atoms with Crippen molar-refractivity contribution in [2.45, 2.75) is 69.2 Å². The van der Waals surface area contributed by atoms with Crippen LogP contribution in [0.25, 0.3) is 6.08 Å². The van der Waals surface area contributed by atoms with Crippen molar-refractivity contribution in [2.24, 2.45) is 11.3 Å². The Morgan fingerprint density at radius 2 is 1.62 bits per heavy atom. The number of aliphatic carboxylic acids is 3. The van der Waals surface area contributed by atoms with E-state index < -0.39 is 36.4 Å². The summed E-state index contributed by atoms with van der Waals surface area (Å²) < 4.78 is 0. The molecule has 11 nitrogen and oxygen atoms in total. The van der Waals surface area contributed by atoms with Gasteiger partial charge in [0.1, 0.15) is 0 Å². The van der Waals surface area contributed by atoms with Crippen LogP contribution in [0.5, 0.6) is 0 Å². The standard InChI is InChI=1S/C22H32N2O2.C6H8O7/c1-2-17(8-16-6-4-3-5-7-16)20-9-21(20)23-18-10-22(11-18)14-24(15-22)19(12-25)13-26;7-3(8)1-6(13,5(11)12)2-4(9)10/h3-8,18-21,23,25-26H,2,9-15H2,1H3;13H,1-2H2,(H,7,8)(H,9,10)(H,11,12)/b17-8+;/t20-,21+;/m0./s1. The third-order valence-electron chi connectivity index (χ3n) is 7.94. The molecule has 1 spiro atoms. The molecule has 2 aliphatic carbocycles. The van der Waals surface area contributed by atoms with E-state index in [-0.39, 0.29) is 19.3 Å². The maximum Gasteiger partial charge on any atom is 0.336 e.